The SMILES string of the molecule is [C-]#[N+]C1=C(c2ccccc2)C(=Cc2[nH]c(C)c(C(OO)C3C(C)CC(C)CC3C)c2-c2ccccc2)N=C1SOOC=C. The van der Waals surface area contributed by atoms with Crippen molar-refractivity contribution in [3.8, 4) is 11.1 Å². The molecule has 3 unspecified atom stereocenters. The molecule has 0 bridgehead atoms. The number of aliphatic imine (C=N–C) groups is 1. The number of benzene rings is 2. The van der Waals surface area contributed by atoms with Crippen LogP contribution in [-0.2, 0) is 14.1 Å². The molecule has 8 heteroatoms. The summed E-state index contributed by atoms with van der Waals surface area (Å²) >= 11 is 0.872. The highest BCUT2D eigenvalue weighted by Crippen LogP contribution is 2.49. The van der Waals surface area contributed by atoms with Crippen LogP contribution in [0.25, 0.3) is 27.6 Å². The zero-order valence-corrected chi connectivity index (χ0v) is 25.7. The minimum absolute atomic E-state index is 0.140. The summed E-state index contributed by atoms with van der Waals surface area (Å²) in [4.78, 5) is 22.5. The lowest BCUT2D eigenvalue weighted by molar-refractivity contribution is -0.303. The fourth-order valence-electron chi connectivity index (χ4n) is 7.02. The van der Waals surface area contributed by atoms with Crippen molar-refractivity contribution in [1.82, 2.24) is 4.98 Å². The molecule has 2 aromatic carbocycles. The van der Waals surface area contributed by atoms with E-state index in [1.807, 2.05) is 61.5 Å². The van der Waals surface area contributed by atoms with Crippen molar-refractivity contribution in [3.63, 3.8) is 0 Å². The van der Waals surface area contributed by atoms with E-state index in [2.05, 4.69) is 49.3 Å². The summed E-state index contributed by atoms with van der Waals surface area (Å²) in [6.07, 6.45) is 4.81. The fraction of sp³-hybridized carbons (Fsp3) is 0.314. The summed E-state index contributed by atoms with van der Waals surface area (Å²) in [5, 5.41) is 10.9. The van der Waals surface area contributed by atoms with Crippen molar-refractivity contribution < 1.29 is 19.4 Å². The number of aromatic nitrogens is 1. The standard InChI is InChI=1S/C35H37N3O4S/c1-7-40-42-43-35-33(36-6)32(26-16-12-9-13-17-26)28(38-35)20-27-31(25-14-10-8-11-15-25)30(24(5)37-27)34(41-39)29-22(3)18-21(2)19-23(29)4/h7-17,20-23,29,34,37,39H,1,18-19H2,2-5H3. The molecule has 5 rings (SSSR count). The van der Waals surface area contributed by atoms with Crippen molar-refractivity contribution >= 4 is 28.7 Å². The van der Waals surface area contributed by atoms with Crippen LogP contribution in [0, 0.1) is 37.2 Å². The first kappa shape index (κ1) is 30.6. The predicted molar refractivity (Wildman–Crippen MR) is 173 cm³/mol. The average molecular weight is 596 g/mol. The van der Waals surface area contributed by atoms with E-state index in [0.717, 1.165) is 58.5 Å². The van der Waals surface area contributed by atoms with Gasteiger partial charge >= 0.3 is 0 Å². The highest BCUT2D eigenvalue weighted by molar-refractivity contribution is 8.10. The monoisotopic (exact) mass is 595 g/mol. The van der Waals surface area contributed by atoms with E-state index in [1.54, 1.807) is 0 Å². The largest absolute Gasteiger partial charge is 0.358 e. The maximum absolute atomic E-state index is 10.5. The maximum atomic E-state index is 10.5. The van der Waals surface area contributed by atoms with Crippen LogP contribution >= 0.6 is 12.0 Å². The quantitative estimate of drug-likeness (QED) is 0.0643. The highest BCUT2D eigenvalue weighted by atomic mass is 32.2. The molecule has 43 heavy (non-hydrogen) atoms. The zero-order valence-electron chi connectivity index (χ0n) is 24.9. The first-order chi connectivity index (χ1) is 20.9. The number of nitrogens with one attached hydrogen (secondary N) is 1. The molecule has 2 N–H and O–H groups in total. The fourth-order valence-corrected chi connectivity index (χ4v) is 7.54. The van der Waals surface area contributed by atoms with E-state index in [0.29, 0.717) is 39.8 Å². The molecule has 222 valence electrons. The van der Waals surface area contributed by atoms with Crippen LogP contribution in [0.2, 0.25) is 0 Å². The minimum atomic E-state index is -0.512. The van der Waals surface area contributed by atoms with Gasteiger partial charge in [-0.3, -0.25) is 10.2 Å². The lowest BCUT2D eigenvalue weighted by Crippen LogP contribution is -2.34. The summed E-state index contributed by atoms with van der Waals surface area (Å²) in [6.45, 7) is 20.4. The number of nitrogens with zero attached hydrogens (tertiary/aromatic N) is 2. The van der Waals surface area contributed by atoms with E-state index < -0.39 is 6.10 Å². The topological polar surface area (TPSA) is 80.4 Å². The van der Waals surface area contributed by atoms with Crippen molar-refractivity contribution in [2.75, 3.05) is 0 Å². The molecule has 7 nitrogen and oxygen atoms in total. The molecule has 3 aromatic rings. The Hall–Kier alpha value is -3.87. The molecule has 0 radical (unpaired) electrons. The molecule has 1 fully saturated rings. The molecule has 0 amide bonds. The second kappa shape index (κ2) is 13.6. The van der Waals surface area contributed by atoms with Gasteiger partial charge in [-0.1, -0.05) is 88.0 Å². The van der Waals surface area contributed by atoms with Gasteiger partial charge in [-0.25, -0.2) is 9.73 Å². The molecular formula is C35H37N3O4S. The minimum Gasteiger partial charge on any atom is -0.358 e. The molecule has 1 aliphatic heterocycles. The molecular weight excluding hydrogens is 558 g/mol. The summed E-state index contributed by atoms with van der Waals surface area (Å²) < 4.78 is 5.15. The first-order valence-electron chi connectivity index (χ1n) is 14.5. The zero-order chi connectivity index (χ0) is 30.5. The normalized spacial score (nSPS) is 23.6. The smallest absolute Gasteiger partial charge is 0.230 e. The maximum Gasteiger partial charge on any atom is 0.230 e. The highest BCUT2D eigenvalue weighted by Gasteiger charge is 2.41. The van der Waals surface area contributed by atoms with Gasteiger partial charge in [0.05, 0.1) is 24.3 Å². The van der Waals surface area contributed by atoms with Gasteiger partial charge in [0.2, 0.25) is 5.70 Å². The number of hydrogen-bond donors (Lipinski definition) is 2. The number of aryl methyl sites for hydroxylation is 1. The van der Waals surface area contributed by atoms with Crippen LogP contribution in [-0.4, -0.2) is 15.3 Å². The summed E-state index contributed by atoms with van der Waals surface area (Å²) in [5.74, 6) is 1.53. The van der Waals surface area contributed by atoms with Crippen LogP contribution in [0.1, 0.15) is 62.2 Å². The van der Waals surface area contributed by atoms with Crippen LogP contribution in [0.15, 0.2) is 89.9 Å². The molecule has 0 saturated heterocycles. The van der Waals surface area contributed by atoms with Gasteiger partial charge in [0.25, 0.3) is 0 Å². The summed E-state index contributed by atoms with van der Waals surface area (Å²) in [5.41, 5.74) is 7.16. The number of H-pyrrole nitrogens is 1. The average Bonchev–Trinajstić information content (AvgIpc) is 3.51. The van der Waals surface area contributed by atoms with E-state index in [4.69, 9.17) is 25.7 Å². The van der Waals surface area contributed by atoms with Gasteiger partial charge in [0, 0.05) is 28.1 Å². The number of rotatable bonds is 9. The summed E-state index contributed by atoms with van der Waals surface area (Å²) in [6, 6.07) is 19.9. The summed E-state index contributed by atoms with van der Waals surface area (Å²) in [7, 11) is 0. The van der Waals surface area contributed by atoms with Crippen molar-refractivity contribution in [3.05, 3.63) is 119 Å². The van der Waals surface area contributed by atoms with Crippen molar-refractivity contribution in [1.29, 1.82) is 0 Å². The molecule has 1 saturated carbocycles. The molecule has 2 aliphatic rings. The van der Waals surface area contributed by atoms with E-state index in [1.165, 1.54) is 6.26 Å². The Morgan fingerprint density at radius 1 is 1.05 bits per heavy atom. The second-order valence-corrected chi connectivity index (χ2v) is 12.2. The van der Waals surface area contributed by atoms with Gasteiger partial charge < -0.3 is 9.87 Å². The van der Waals surface area contributed by atoms with Crippen LogP contribution in [0.4, 0.5) is 0 Å². The third-order valence-corrected chi connectivity index (χ3v) is 9.12. The van der Waals surface area contributed by atoms with Gasteiger partial charge in [0.1, 0.15) is 17.4 Å². The van der Waals surface area contributed by atoms with Gasteiger partial charge in [-0.05, 0) is 60.6 Å². The van der Waals surface area contributed by atoms with Crippen LogP contribution < -0.4 is 0 Å². The van der Waals surface area contributed by atoms with Gasteiger partial charge in [-0.2, -0.15) is 0 Å². The number of aromatic amines is 1. The molecule has 1 aliphatic carbocycles. The Bertz CT molecular complexity index is 1570. The van der Waals surface area contributed by atoms with E-state index >= 15 is 0 Å². The molecule has 1 aromatic heterocycles. The lowest BCUT2D eigenvalue weighted by atomic mass is 9.66. The Morgan fingerprint density at radius 3 is 2.26 bits per heavy atom. The molecule has 2 heterocycles. The molecule has 3 atom stereocenters. The van der Waals surface area contributed by atoms with Crippen LogP contribution in [0.5, 0.6) is 0 Å². The Kier molecular flexibility index (Phi) is 9.69. The molecule has 0 spiro atoms. The van der Waals surface area contributed by atoms with Gasteiger partial charge in [0.15, 0.2) is 0 Å². The van der Waals surface area contributed by atoms with Crippen molar-refractivity contribution in [2.24, 2.45) is 28.7 Å². The predicted octanol–water partition coefficient (Wildman–Crippen LogP) is 9.66. The van der Waals surface area contributed by atoms with E-state index in [-0.39, 0.29) is 5.92 Å². The lowest BCUT2D eigenvalue weighted by Gasteiger charge is -2.41. The Balaban J connectivity index is 1.70. The third kappa shape index (κ3) is 6.27. The Morgan fingerprint density at radius 2 is 1.67 bits per heavy atom. The van der Waals surface area contributed by atoms with Crippen molar-refractivity contribution in [2.45, 2.75) is 46.6 Å². The number of allylic oxidation sites excluding steroid dienone is 1. The first-order valence-corrected chi connectivity index (χ1v) is 15.3. The van der Waals surface area contributed by atoms with Gasteiger partial charge in [-0.15, -0.1) is 4.33 Å². The second-order valence-electron chi connectivity index (χ2n) is 11.5. The van der Waals surface area contributed by atoms with E-state index in [9.17, 15) is 5.26 Å². The number of hydrogen-bond acceptors (Lipinski definition) is 6. The Labute approximate surface area is 257 Å². The third-order valence-electron chi connectivity index (χ3n) is 8.53. The van der Waals surface area contributed by atoms with Crippen LogP contribution in [0.3, 0.4) is 0 Å².